The molecule has 1 aliphatic heterocycles. The highest BCUT2D eigenvalue weighted by atomic mass is 35.5. The summed E-state index contributed by atoms with van der Waals surface area (Å²) in [4.78, 5) is 23.7. The smallest absolute Gasteiger partial charge is 0.283 e. The molecule has 0 radical (unpaired) electrons. The molecule has 0 bridgehead atoms. The highest BCUT2D eigenvalue weighted by molar-refractivity contribution is 6.34. The molecule has 90 valence electrons. The zero-order valence-corrected chi connectivity index (χ0v) is 9.55. The van der Waals surface area contributed by atoms with Gasteiger partial charge >= 0.3 is 0 Å². The monoisotopic (exact) mass is 255 g/mol. The van der Waals surface area contributed by atoms with E-state index in [1.165, 1.54) is 23.1 Å². The number of nitrogens with zero attached hydrogens (tertiary/aromatic N) is 2. The molecular weight excluding hydrogens is 246 g/mol. The van der Waals surface area contributed by atoms with Crippen molar-refractivity contribution in [2.45, 2.75) is 6.04 Å². The van der Waals surface area contributed by atoms with E-state index in [1.54, 1.807) is 0 Å². The van der Waals surface area contributed by atoms with Gasteiger partial charge in [0.05, 0.1) is 9.95 Å². The van der Waals surface area contributed by atoms with E-state index in [0.29, 0.717) is 13.1 Å². The summed E-state index contributed by atoms with van der Waals surface area (Å²) >= 11 is 5.85. The van der Waals surface area contributed by atoms with Crippen molar-refractivity contribution in [3.63, 3.8) is 0 Å². The van der Waals surface area contributed by atoms with Gasteiger partial charge in [-0.3, -0.25) is 14.9 Å². The fraction of sp³-hybridized carbons (Fsp3) is 0.300. The number of rotatable bonds is 2. The predicted molar refractivity (Wildman–Crippen MR) is 62.0 cm³/mol. The van der Waals surface area contributed by atoms with Crippen molar-refractivity contribution < 1.29 is 9.72 Å². The highest BCUT2D eigenvalue weighted by Crippen LogP contribution is 2.28. The van der Waals surface area contributed by atoms with Crippen LogP contribution >= 0.6 is 11.6 Å². The third-order valence-corrected chi connectivity index (χ3v) is 2.91. The number of nitro benzene ring substituents is 1. The summed E-state index contributed by atoms with van der Waals surface area (Å²) in [5.41, 5.74) is 5.22. The molecule has 0 aliphatic carbocycles. The number of carbonyl (C=O) groups is 1. The van der Waals surface area contributed by atoms with Crippen LogP contribution < -0.4 is 5.73 Å². The number of nitro groups is 1. The molecule has 1 saturated heterocycles. The number of benzene rings is 1. The van der Waals surface area contributed by atoms with Crippen molar-refractivity contribution in [3.05, 3.63) is 38.9 Å². The van der Waals surface area contributed by atoms with E-state index in [1.807, 2.05) is 0 Å². The lowest BCUT2D eigenvalue weighted by Crippen LogP contribution is -2.57. The standard InChI is InChI=1S/C10H10ClN3O3/c11-7-2-1-3-8(14(16)17)9(7)10(15)13-4-6(12)5-13/h1-3,6H,4-5,12H2. The largest absolute Gasteiger partial charge is 0.335 e. The first-order chi connectivity index (χ1) is 8.00. The van der Waals surface area contributed by atoms with Crippen LogP contribution in [-0.4, -0.2) is 34.9 Å². The van der Waals surface area contributed by atoms with Gasteiger partial charge in [-0.25, -0.2) is 0 Å². The molecule has 1 aromatic rings. The highest BCUT2D eigenvalue weighted by Gasteiger charge is 2.33. The Kier molecular flexibility index (Phi) is 2.99. The van der Waals surface area contributed by atoms with Crippen LogP contribution in [0.25, 0.3) is 0 Å². The third kappa shape index (κ3) is 2.09. The van der Waals surface area contributed by atoms with Crippen LogP contribution in [0.15, 0.2) is 18.2 Å². The van der Waals surface area contributed by atoms with Crippen LogP contribution in [0, 0.1) is 10.1 Å². The van der Waals surface area contributed by atoms with E-state index in [0.717, 1.165) is 0 Å². The SMILES string of the molecule is NC1CN(C(=O)c2c(Cl)cccc2[N+](=O)[O-])C1. The van der Waals surface area contributed by atoms with E-state index < -0.39 is 10.8 Å². The average molecular weight is 256 g/mol. The van der Waals surface area contributed by atoms with Crippen LogP contribution in [0.3, 0.4) is 0 Å². The van der Waals surface area contributed by atoms with Crippen molar-refractivity contribution in [2.24, 2.45) is 5.73 Å². The maximum atomic E-state index is 12.0. The minimum Gasteiger partial charge on any atom is -0.335 e. The number of halogens is 1. The van der Waals surface area contributed by atoms with Crippen molar-refractivity contribution in [2.75, 3.05) is 13.1 Å². The molecule has 2 N–H and O–H groups in total. The van der Waals surface area contributed by atoms with Crippen molar-refractivity contribution in [1.29, 1.82) is 0 Å². The summed E-state index contributed by atoms with van der Waals surface area (Å²) in [6.07, 6.45) is 0. The summed E-state index contributed by atoms with van der Waals surface area (Å²) in [6.45, 7) is 0.808. The molecule has 1 aliphatic rings. The maximum Gasteiger partial charge on any atom is 0.283 e. The molecule has 0 saturated carbocycles. The first-order valence-corrected chi connectivity index (χ1v) is 5.36. The molecule has 17 heavy (non-hydrogen) atoms. The van der Waals surface area contributed by atoms with E-state index in [4.69, 9.17) is 17.3 Å². The second kappa shape index (κ2) is 4.31. The van der Waals surface area contributed by atoms with Gasteiger partial charge in [0.2, 0.25) is 0 Å². The summed E-state index contributed by atoms with van der Waals surface area (Å²) in [7, 11) is 0. The van der Waals surface area contributed by atoms with Crippen molar-refractivity contribution >= 4 is 23.2 Å². The van der Waals surface area contributed by atoms with Gasteiger partial charge in [0.15, 0.2) is 0 Å². The Bertz CT molecular complexity index is 486. The Morgan fingerprint density at radius 1 is 1.53 bits per heavy atom. The van der Waals surface area contributed by atoms with Gasteiger partial charge in [0, 0.05) is 25.2 Å². The molecule has 1 amide bonds. The fourth-order valence-electron chi connectivity index (χ4n) is 1.71. The number of nitrogens with two attached hydrogens (primary N) is 1. The first kappa shape index (κ1) is 11.8. The van der Waals surface area contributed by atoms with Gasteiger partial charge in [-0.15, -0.1) is 0 Å². The Morgan fingerprint density at radius 3 is 2.71 bits per heavy atom. The van der Waals surface area contributed by atoms with E-state index in [2.05, 4.69) is 0 Å². The minimum absolute atomic E-state index is 0.0551. The van der Waals surface area contributed by atoms with Gasteiger partial charge < -0.3 is 10.6 Å². The zero-order valence-electron chi connectivity index (χ0n) is 8.80. The quantitative estimate of drug-likeness (QED) is 0.631. The summed E-state index contributed by atoms with van der Waals surface area (Å²) in [6, 6.07) is 4.11. The number of hydrogen-bond acceptors (Lipinski definition) is 4. The average Bonchev–Trinajstić information content (AvgIpc) is 2.23. The van der Waals surface area contributed by atoms with E-state index in [-0.39, 0.29) is 22.3 Å². The van der Waals surface area contributed by atoms with Crippen LogP contribution in [0.1, 0.15) is 10.4 Å². The van der Waals surface area contributed by atoms with Gasteiger partial charge in [-0.1, -0.05) is 17.7 Å². The number of hydrogen-bond donors (Lipinski definition) is 1. The molecule has 7 heteroatoms. The molecule has 0 spiro atoms. The number of likely N-dealkylation sites (tertiary alicyclic amines) is 1. The third-order valence-electron chi connectivity index (χ3n) is 2.60. The lowest BCUT2D eigenvalue weighted by atomic mass is 10.1. The molecule has 1 heterocycles. The molecular formula is C10H10ClN3O3. The van der Waals surface area contributed by atoms with Crippen molar-refractivity contribution in [1.82, 2.24) is 4.90 Å². The van der Waals surface area contributed by atoms with Gasteiger partial charge in [0.1, 0.15) is 5.56 Å². The molecule has 0 atom stereocenters. The molecule has 0 unspecified atom stereocenters. The van der Waals surface area contributed by atoms with Crippen LogP contribution in [0.5, 0.6) is 0 Å². The molecule has 2 rings (SSSR count). The van der Waals surface area contributed by atoms with Gasteiger partial charge in [-0.05, 0) is 6.07 Å². The first-order valence-electron chi connectivity index (χ1n) is 4.98. The molecule has 6 nitrogen and oxygen atoms in total. The summed E-state index contributed by atoms with van der Waals surface area (Å²) in [5.74, 6) is -0.441. The van der Waals surface area contributed by atoms with Crippen molar-refractivity contribution in [3.8, 4) is 0 Å². The zero-order chi connectivity index (χ0) is 12.6. The van der Waals surface area contributed by atoms with Crippen LogP contribution in [0.4, 0.5) is 5.69 Å². The Morgan fingerprint density at radius 2 is 2.18 bits per heavy atom. The summed E-state index contributed by atoms with van der Waals surface area (Å²) in [5, 5.41) is 10.9. The number of amides is 1. The Balaban J connectivity index is 2.37. The Labute approximate surface area is 102 Å². The topological polar surface area (TPSA) is 89.5 Å². The normalized spacial score (nSPS) is 15.5. The van der Waals surface area contributed by atoms with E-state index in [9.17, 15) is 14.9 Å². The minimum atomic E-state index is -0.612. The van der Waals surface area contributed by atoms with Crippen LogP contribution in [0.2, 0.25) is 5.02 Å². The number of carbonyl (C=O) groups excluding carboxylic acids is 1. The molecule has 0 aromatic heterocycles. The Hall–Kier alpha value is -1.66. The maximum absolute atomic E-state index is 12.0. The lowest BCUT2D eigenvalue weighted by molar-refractivity contribution is -0.385. The fourth-order valence-corrected chi connectivity index (χ4v) is 1.96. The molecule has 1 fully saturated rings. The van der Waals surface area contributed by atoms with Gasteiger partial charge in [-0.2, -0.15) is 0 Å². The second-order valence-corrected chi connectivity index (χ2v) is 4.27. The summed E-state index contributed by atoms with van der Waals surface area (Å²) < 4.78 is 0. The van der Waals surface area contributed by atoms with E-state index >= 15 is 0 Å². The lowest BCUT2D eigenvalue weighted by Gasteiger charge is -2.36. The van der Waals surface area contributed by atoms with Crippen LogP contribution in [-0.2, 0) is 0 Å². The second-order valence-electron chi connectivity index (χ2n) is 3.86. The van der Waals surface area contributed by atoms with Gasteiger partial charge in [0.25, 0.3) is 11.6 Å². The predicted octanol–water partition coefficient (Wildman–Crippen LogP) is 1.03. The molecule has 1 aromatic carbocycles.